The number of aromatic hydroxyl groups is 2. The zero-order chi connectivity index (χ0) is 79.7. The molecule has 2 amide bonds. The highest BCUT2D eigenvalue weighted by Crippen LogP contribution is 2.35. The number of hydrogen-bond donors (Lipinski definition) is 10. The van der Waals surface area contributed by atoms with Gasteiger partial charge in [-0.1, -0.05) is 71.8 Å². The minimum atomic E-state index is -5.25. The smallest absolute Gasteiger partial charge is 0.260 e. The van der Waals surface area contributed by atoms with E-state index in [2.05, 4.69) is 117 Å². The summed E-state index contributed by atoms with van der Waals surface area (Å²) in [5.74, 6) is -1.38. The maximum atomic E-state index is 13.2. The van der Waals surface area contributed by atoms with Crippen molar-refractivity contribution in [2.24, 2.45) is 10.2 Å². The highest BCUT2D eigenvalue weighted by atomic mass is 79.9. The van der Waals surface area contributed by atoms with Crippen molar-refractivity contribution in [3.63, 3.8) is 0 Å². The zero-order valence-electron chi connectivity index (χ0n) is 54.9. The van der Waals surface area contributed by atoms with E-state index in [1.807, 2.05) is 0 Å². The SMILES string of the molecule is O=C(CN(C(=S)Nc1ccc(/C=C/c2ccc(NC(=S)NCCOCCNC(=S)Nc3ccc(/C=C/c4ccc(NC(=S)N(CC(=O)N/N=C/c5cc(Br)c(O)c(Br)c5)c5ccc(Cl)cc5)cc4S(=O)(=O)[O-])c(S(=O)(=O)[O-])c3)cc2S(=O)(=O)[O-])c(S(=O)(=O)[O-])c1)c1ccc(Cl)cc1)N/N=C/c1cc(Br)c(O)c(Br)c1. The Balaban J connectivity index is 0.817. The summed E-state index contributed by atoms with van der Waals surface area (Å²) < 4.78 is 159. The van der Waals surface area contributed by atoms with Gasteiger partial charge < -0.3 is 74.9 Å². The molecule has 0 atom stereocenters. The number of halogens is 6. The van der Waals surface area contributed by atoms with Crippen LogP contribution in [0.2, 0.25) is 10.0 Å². The van der Waals surface area contributed by atoms with Gasteiger partial charge in [0.2, 0.25) is 0 Å². The van der Waals surface area contributed by atoms with Gasteiger partial charge >= 0.3 is 0 Å². The van der Waals surface area contributed by atoms with Gasteiger partial charge in [-0.2, -0.15) is 10.2 Å². The molecule has 0 fully saturated rings. The minimum absolute atomic E-state index is 0.0118. The Labute approximate surface area is 689 Å². The van der Waals surface area contributed by atoms with Crippen LogP contribution < -0.4 is 52.6 Å². The summed E-state index contributed by atoms with van der Waals surface area (Å²) in [6.45, 7) is -0.549. The summed E-state index contributed by atoms with van der Waals surface area (Å²) in [4.78, 5) is 26.0. The molecule has 109 heavy (non-hydrogen) atoms. The molecule has 0 unspecified atom stereocenters. The molecular formula is C66H52Br4Cl2N12O17S8-4. The number of carbonyl (C=O) groups is 2. The van der Waals surface area contributed by atoms with E-state index in [9.17, 15) is 71.7 Å². The van der Waals surface area contributed by atoms with Crippen molar-refractivity contribution in [3.8, 4) is 11.5 Å². The molecule has 29 nitrogen and oxygen atoms in total. The summed E-state index contributed by atoms with van der Waals surface area (Å²) in [6.07, 6.45) is 7.10. The lowest BCUT2D eigenvalue weighted by atomic mass is 10.1. The molecule has 0 saturated heterocycles. The van der Waals surface area contributed by atoms with Crippen molar-refractivity contribution >= 4 is 279 Å². The third-order valence-corrected chi connectivity index (χ3v) is 22.0. The van der Waals surface area contributed by atoms with Crippen molar-refractivity contribution in [1.82, 2.24) is 21.5 Å². The first kappa shape index (κ1) is 86.6. The number of hydrogen-bond acceptors (Lipinski definition) is 23. The van der Waals surface area contributed by atoms with Crippen LogP contribution in [-0.4, -0.2) is 146 Å². The van der Waals surface area contributed by atoms with Crippen LogP contribution in [0.4, 0.5) is 34.1 Å². The molecule has 0 spiro atoms. The van der Waals surface area contributed by atoms with Gasteiger partial charge in [-0.25, -0.2) is 44.5 Å². The second-order valence-corrected chi connectivity index (χ2v) is 33.4. The van der Waals surface area contributed by atoms with E-state index in [4.69, 9.17) is 76.8 Å². The summed E-state index contributed by atoms with van der Waals surface area (Å²) in [7, 11) is -20.9. The third-order valence-electron chi connectivity index (χ3n) is 14.4. The molecule has 0 aliphatic heterocycles. The number of hydrazone groups is 2. The van der Waals surface area contributed by atoms with Gasteiger partial charge in [0, 0.05) is 57.3 Å². The Morgan fingerprint density at radius 1 is 0.440 bits per heavy atom. The molecule has 0 bridgehead atoms. The molecule has 0 aromatic heterocycles. The van der Waals surface area contributed by atoms with Gasteiger partial charge in [0.1, 0.15) is 65.1 Å². The Morgan fingerprint density at radius 2 is 0.716 bits per heavy atom. The first-order valence-corrected chi connectivity index (χ1v) is 41.6. The highest BCUT2D eigenvalue weighted by molar-refractivity contribution is 9.11. The highest BCUT2D eigenvalue weighted by Gasteiger charge is 2.22. The van der Waals surface area contributed by atoms with E-state index < -0.39 is 85.0 Å². The number of amides is 2. The summed E-state index contributed by atoms with van der Waals surface area (Å²) in [6, 6.07) is 32.9. The molecule has 43 heteroatoms. The molecule has 0 aliphatic carbocycles. The Bertz CT molecular complexity index is 5110. The summed E-state index contributed by atoms with van der Waals surface area (Å²) in [5.41, 5.74) is 5.81. The summed E-state index contributed by atoms with van der Waals surface area (Å²) in [5, 5.41) is 45.2. The topological polar surface area (TPSA) is 440 Å². The predicted molar refractivity (Wildman–Crippen MR) is 443 cm³/mol. The molecule has 10 N–H and O–H groups in total. The van der Waals surface area contributed by atoms with Crippen LogP contribution in [0.15, 0.2) is 193 Å². The number of rotatable bonds is 28. The van der Waals surface area contributed by atoms with Crippen molar-refractivity contribution in [2.45, 2.75) is 19.6 Å². The zero-order valence-corrected chi connectivity index (χ0v) is 69.3. The quantitative estimate of drug-likeness (QED) is 0.00544. The number of nitrogens with zero attached hydrogens (tertiary/aromatic N) is 4. The Kier molecular flexibility index (Phi) is 30.8. The van der Waals surface area contributed by atoms with Gasteiger partial charge in [-0.3, -0.25) is 9.59 Å². The predicted octanol–water partition coefficient (Wildman–Crippen LogP) is 11.4. The number of phenolic OH excluding ortho intramolecular Hbond substituents is 2. The Morgan fingerprint density at radius 3 is 0.991 bits per heavy atom. The van der Waals surface area contributed by atoms with E-state index in [1.165, 1.54) is 95.0 Å². The van der Waals surface area contributed by atoms with Crippen LogP contribution in [0.3, 0.4) is 0 Å². The maximum absolute atomic E-state index is 13.2. The van der Waals surface area contributed by atoms with E-state index in [-0.39, 0.29) is 103 Å². The number of thiocarbonyl (C=S) groups is 4. The molecule has 572 valence electrons. The second-order valence-electron chi connectivity index (χ2n) is 22.1. The van der Waals surface area contributed by atoms with Crippen molar-refractivity contribution in [3.05, 3.63) is 207 Å². The lowest BCUT2D eigenvalue weighted by Gasteiger charge is -2.25. The van der Waals surface area contributed by atoms with Crippen LogP contribution >= 0.6 is 136 Å². The fourth-order valence-electron chi connectivity index (χ4n) is 9.37. The summed E-state index contributed by atoms with van der Waals surface area (Å²) >= 11 is 47.1. The molecule has 8 rings (SSSR count). The van der Waals surface area contributed by atoms with E-state index in [1.54, 1.807) is 48.5 Å². The maximum Gasteiger partial charge on any atom is 0.260 e. The molecular weight excluding hydrogens is 1880 g/mol. The third kappa shape index (κ3) is 26.0. The first-order valence-electron chi connectivity index (χ1n) is 30.4. The molecule has 8 aromatic rings. The van der Waals surface area contributed by atoms with E-state index in [0.717, 1.165) is 48.6 Å². The van der Waals surface area contributed by atoms with Gasteiger partial charge in [0.15, 0.2) is 20.4 Å². The van der Waals surface area contributed by atoms with Crippen LogP contribution in [0.5, 0.6) is 11.5 Å². The number of nitrogens with one attached hydrogen (secondary N) is 8. The van der Waals surface area contributed by atoms with E-state index >= 15 is 0 Å². The lowest BCUT2D eigenvalue weighted by molar-refractivity contribution is -0.120. The van der Waals surface area contributed by atoms with E-state index in [0.29, 0.717) is 50.4 Å². The number of benzene rings is 8. The minimum Gasteiger partial charge on any atom is -0.744 e. The normalized spacial score (nSPS) is 11.9. The van der Waals surface area contributed by atoms with Gasteiger partial charge in [0.05, 0.1) is 63.1 Å². The van der Waals surface area contributed by atoms with Crippen LogP contribution in [0, 0.1) is 0 Å². The van der Waals surface area contributed by atoms with Crippen LogP contribution in [-0.2, 0) is 54.8 Å². The fourth-order valence-corrected chi connectivity index (χ4v) is 15.9. The largest absolute Gasteiger partial charge is 0.744 e. The number of ether oxygens (including phenoxy) is 1. The average molecular weight is 1930 g/mol. The molecule has 0 aliphatic rings. The monoisotopic (exact) mass is 1930 g/mol. The number of phenols is 2. The lowest BCUT2D eigenvalue weighted by Crippen LogP contribution is -2.41. The van der Waals surface area contributed by atoms with Crippen molar-refractivity contribution < 1.29 is 76.4 Å². The van der Waals surface area contributed by atoms with Gasteiger partial charge in [0.25, 0.3) is 11.8 Å². The molecule has 0 radical (unpaired) electrons. The molecule has 0 saturated carbocycles. The molecule has 0 heterocycles. The van der Waals surface area contributed by atoms with Gasteiger partial charge in [-0.05, 0) is 267 Å². The number of anilines is 6. The fraction of sp³-hybridized carbons (Fsp3) is 0.0909. The standard InChI is InChI=1S/C66H56Br4Cl2N12O17S8/c67-51-25-37(26-52(68)61(51)87)33-75-81-59(85)35-83(49-17-9-43(71)10-18-49)65(104)79-47-15-7-41(57(31-47)108(95,96)97)3-1-39-5-13-45(29-55(39)106(89,90)91)77-63(102)73-21-23-101-24-22-74-64(103)78-46-14-6-40(56(30-46)107(92,93)94)2-4-42-8-16-48(32-58(42)109(98,99)100)80-66(105)84(50-19-11-44(72)12-20-50)36-60(86)82-76-34-38-27-53(69)62(88)54(70)28-38/h1-20,25-34,87-88H,21-24,35-36H2,(H,79,104)(H,80,105)(H,81,85)(H,82,86)(H2,73,77,102)(H2,74,78,103)(H,89,90,91)(H,92,93,94)(H,95,96,97)(H,98,99,100)/p-4/b3-1+,4-2+,75-33+,76-34+. The van der Waals surface area contributed by atoms with Gasteiger partial charge in [-0.15, -0.1) is 0 Å². The second kappa shape index (κ2) is 38.8. The van der Waals surface area contributed by atoms with Crippen molar-refractivity contribution in [1.29, 1.82) is 0 Å². The average Bonchev–Trinajstić information content (AvgIpc) is 0.836. The first-order chi connectivity index (χ1) is 51.3. The van der Waals surface area contributed by atoms with Crippen LogP contribution in [0.25, 0.3) is 24.3 Å². The van der Waals surface area contributed by atoms with Crippen LogP contribution in [0.1, 0.15) is 33.4 Å². The number of carbonyl (C=O) groups excluding carboxylic acids is 2. The molecule has 8 aromatic carbocycles. The van der Waals surface area contributed by atoms with Crippen molar-refractivity contribution in [2.75, 3.05) is 70.5 Å². The Hall–Kier alpha value is -8.02.